The summed E-state index contributed by atoms with van der Waals surface area (Å²) in [4.78, 5) is 1.80. The van der Waals surface area contributed by atoms with Gasteiger partial charge in [0.1, 0.15) is 11.2 Å². The third-order valence-electron chi connectivity index (χ3n) is 10.9. The third kappa shape index (κ3) is 4.62. The summed E-state index contributed by atoms with van der Waals surface area (Å²) < 4.78 is 7.26. The van der Waals surface area contributed by atoms with Crippen molar-refractivity contribution in [1.82, 2.24) is 0 Å². The van der Waals surface area contributed by atoms with Crippen molar-refractivity contribution in [2.45, 2.75) is 11.2 Å². The molecule has 0 aliphatic heterocycles. The zero-order valence-electron chi connectivity index (χ0n) is 28.7. The van der Waals surface area contributed by atoms with Gasteiger partial charge < -0.3 is 10.2 Å². The van der Waals surface area contributed by atoms with Crippen LogP contribution in [0.2, 0.25) is 0 Å². The first-order valence-electron chi connectivity index (χ1n) is 17.9. The smallest absolute Gasteiger partial charge is 0.149 e. The fraction of sp³-hybridized carbons (Fsp3) is 0.0417. The van der Waals surface area contributed by atoms with E-state index in [4.69, 9.17) is 0 Å². The van der Waals surface area contributed by atoms with Gasteiger partial charge in [-0.05, 0) is 70.8 Å². The summed E-state index contributed by atoms with van der Waals surface area (Å²) >= 11 is 7.00. The summed E-state index contributed by atoms with van der Waals surface area (Å²) in [6.07, 6.45) is 0. The molecule has 6 heteroatoms. The fourth-order valence-electron chi connectivity index (χ4n) is 8.31. The number of fused-ring (bicyclic) bond motifs is 11. The van der Waals surface area contributed by atoms with Crippen LogP contribution in [0.3, 0.4) is 0 Å². The van der Waals surface area contributed by atoms with Gasteiger partial charge in [0.15, 0.2) is 0 Å². The lowest BCUT2D eigenvalue weighted by molar-refractivity contribution is 0.129. The topological polar surface area (TPSA) is 40.5 Å². The largest absolute Gasteiger partial charge is 0.375 e. The molecule has 0 radical (unpaired) electrons. The van der Waals surface area contributed by atoms with E-state index >= 15 is 0 Å². The molecule has 258 valence electrons. The molecule has 0 bridgehead atoms. The van der Waals surface area contributed by atoms with Gasteiger partial charge in [0.05, 0.1) is 0 Å². The van der Waals surface area contributed by atoms with E-state index in [1.165, 1.54) is 40.3 Å². The third-order valence-corrected chi connectivity index (χ3v) is 15.5. The Labute approximate surface area is 327 Å². The van der Waals surface area contributed by atoms with Gasteiger partial charge in [-0.15, -0.1) is 45.3 Å². The van der Waals surface area contributed by atoms with E-state index in [2.05, 4.69) is 48.5 Å². The summed E-state index contributed by atoms with van der Waals surface area (Å²) in [5, 5.41) is 32.9. The number of hydrogen-bond acceptors (Lipinski definition) is 6. The average Bonchev–Trinajstić information content (AvgIpc) is 4.03. The normalized spacial score (nSPS) is 12.6. The van der Waals surface area contributed by atoms with E-state index in [0.29, 0.717) is 0 Å². The second-order valence-corrected chi connectivity index (χ2v) is 18.2. The van der Waals surface area contributed by atoms with Gasteiger partial charge in [-0.1, -0.05) is 121 Å². The van der Waals surface area contributed by atoms with Crippen molar-refractivity contribution in [1.29, 1.82) is 0 Å². The molecule has 0 saturated heterocycles. The van der Waals surface area contributed by atoms with Gasteiger partial charge in [-0.2, -0.15) is 0 Å². The first-order chi connectivity index (χ1) is 26.5. The maximum Gasteiger partial charge on any atom is 0.149 e. The molecule has 4 heterocycles. The minimum Gasteiger partial charge on any atom is -0.375 e. The van der Waals surface area contributed by atoms with Crippen LogP contribution in [0.1, 0.15) is 32.0 Å². The van der Waals surface area contributed by atoms with Gasteiger partial charge in [-0.25, -0.2) is 0 Å². The molecule has 11 aromatic rings. The van der Waals surface area contributed by atoms with Crippen molar-refractivity contribution in [3.63, 3.8) is 0 Å². The lowest BCUT2D eigenvalue weighted by atomic mass is 9.84. The zero-order valence-corrected chi connectivity index (χ0v) is 32.0. The van der Waals surface area contributed by atoms with Crippen LogP contribution >= 0.6 is 45.3 Å². The number of thiophene rings is 4. The van der Waals surface area contributed by atoms with Crippen molar-refractivity contribution in [3.8, 4) is 0 Å². The first kappa shape index (κ1) is 32.3. The summed E-state index contributed by atoms with van der Waals surface area (Å²) in [7, 11) is 0. The fourth-order valence-corrected chi connectivity index (χ4v) is 13.0. The van der Waals surface area contributed by atoms with Gasteiger partial charge in [0.25, 0.3) is 0 Å². The summed E-state index contributed by atoms with van der Waals surface area (Å²) in [5.74, 6) is 0. The van der Waals surface area contributed by atoms with Crippen LogP contribution in [0, 0.1) is 0 Å². The highest BCUT2D eigenvalue weighted by atomic mass is 32.1. The van der Waals surface area contributed by atoms with Gasteiger partial charge >= 0.3 is 0 Å². The van der Waals surface area contributed by atoms with Crippen LogP contribution in [0.25, 0.3) is 60.5 Å². The van der Waals surface area contributed by atoms with Crippen LogP contribution in [-0.4, -0.2) is 10.2 Å². The van der Waals surface area contributed by atoms with Crippen LogP contribution in [0.5, 0.6) is 0 Å². The Morgan fingerprint density at radius 2 is 0.574 bits per heavy atom. The SMILES string of the molecule is OC(c1ccccc1)(c1ccccc1)c1cc2c(ccc3sc4ccc5sc6ccc7sc(C(O)(c8ccccc8)c8ccccc8)cc7c6c5c4c32)s1. The number of hydrogen-bond donors (Lipinski definition) is 2. The maximum absolute atomic E-state index is 12.8. The first-order valence-corrected chi connectivity index (χ1v) is 21.1. The van der Waals surface area contributed by atoms with Gasteiger partial charge in [0.2, 0.25) is 0 Å². The van der Waals surface area contributed by atoms with Crippen LogP contribution in [0.4, 0.5) is 0 Å². The van der Waals surface area contributed by atoms with Crippen molar-refractivity contribution in [3.05, 3.63) is 202 Å². The molecule has 54 heavy (non-hydrogen) atoms. The molecule has 2 nitrogen and oxygen atoms in total. The quantitative estimate of drug-likeness (QED) is 0.177. The predicted octanol–water partition coefficient (Wildman–Crippen LogP) is 13.4. The standard InChI is InChI=1S/C48H30O2S4/c49-47(29-13-5-1-6-14-29,30-15-7-2-8-16-30)41-27-33-35(53-41)21-23-37-43(33)45-39(51-37)25-26-40-46(45)44-34-28-42(54-36(34)22-24-38(44)52-40)48(50,31-17-9-3-10-18-31)32-19-11-4-12-20-32/h1-28,49-50H. The van der Waals surface area contributed by atoms with Crippen molar-refractivity contribution >= 4 is 106 Å². The molecule has 0 unspecified atom stereocenters. The molecule has 0 aliphatic rings. The molecular weight excluding hydrogens is 737 g/mol. The molecule has 0 aliphatic carbocycles. The molecule has 2 N–H and O–H groups in total. The summed E-state index contributed by atoms with van der Waals surface area (Å²) in [5.41, 5.74) is 0.790. The Hall–Kier alpha value is -5.18. The van der Waals surface area contributed by atoms with Crippen LogP contribution in [-0.2, 0) is 11.2 Å². The Balaban J connectivity index is 1.20. The highest BCUT2D eigenvalue weighted by Gasteiger charge is 2.37. The minimum atomic E-state index is -1.30. The zero-order chi connectivity index (χ0) is 36.0. The molecule has 0 saturated carbocycles. The molecule has 0 fully saturated rings. The lowest BCUT2D eigenvalue weighted by Crippen LogP contribution is -2.27. The van der Waals surface area contributed by atoms with Crippen molar-refractivity contribution in [2.24, 2.45) is 0 Å². The van der Waals surface area contributed by atoms with E-state index in [1.807, 2.05) is 144 Å². The van der Waals surface area contributed by atoms with Crippen molar-refractivity contribution in [2.75, 3.05) is 0 Å². The monoisotopic (exact) mass is 766 g/mol. The Morgan fingerprint density at radius 3 is 0.889 bits per heavy atom. The minimum absolute atomic E-state index is 0.849. The summed E-state index contributed by atoms with van der Waals surface area (Å²) in [6, 6.07) is 58.1. The summed E-state index contributed by atoms with van der Waals surface area (Å²) in [6.45, 7) is 0. The van der Waals surface area contributed by atoms with E-state index in [-0.39, 0.29) is 0 Å². The van der Waals surface area contributed by atoms with E-state index in [9.17, 15) is 10.2 Å². The van der Waals surface area contributed by atoms with Crippen LogP contribution < -0.4 is 0 Å². The number of aliphatic hydroxyl groups is 2. The Morgan fingerprint density at radius 1 is 0.296 bits per heavy atom. The molecule has 4 aromatic heterocycles. The number of rotatable bonds is 6. The maximum atomic E-state index is 12.8. The van der Waals surface area contributed by atoms with E-state index in [1.54, 1.807) is 22.7 Å². The van der Waals surface area contributed by atoms with Gasteiger partial charge in [0, 0.05) is 70.3 Å². The van der Waals surface area contributed by atoms with Gasteiger partial charge in [-0.3, -0.25) is 0 Å². The highest BCUT2D eigenvalue weighted by Crippen LogP contribution is 2.52. The Bertz CT molecular complexity index is 2880. The molecule has 0 amide bonds. The van der Waals surface area contributed by atoms with Crippen LogP contribution in [0.15, 0.2) is 170 Å². The second kappa shape index (κ2) is 12.2. The van der Waals surface area contributed by atoms with Crippen molar-refractivity contribution < 1.29 is 10.2 Å². The Kier molecular flexibility index (Phi) is 7.27. The van der Waals surface area contributed by atoms with E-state index < -0.39 is 11.2 Å². The number of benzene rings is 7. The lowest BCUT2D eigenvalue weighted by Gasteiger charge is -2.28. The molecule has 0 atom stereocenters. The average molecular weight is 767 g/mol. The molecule has 0 spiro atoms. The predicted molar refractivity (Wildman–Crippen MR) is 233 cm³/mol. The molecular formula is C48H30O2S4. The second-order valence-electron chi connectivity index (χ2n) is 13.8. The molecule has 7 aromatic carbocycles. The molecule has 11 rings (SSSR count). The van der Waals surface area contributed by atoms with E-state index in [0.717, 1.165) is 52.2 Å². The highest BCUT2D eigenvalue weighted by molar-refractivity contribution is 7.28.